The maximum Gasteiger partial charge on any atom is 0.258 e. The number of phenolic OH excluding ortho intramolecular Hbond substituents is 1. The Morgan fingerprint density at radius 1 is 1.43 bits per heavy atom. The summed E-state index contributed by atoms with van der Waals surface area (Å²) < 4.78 is 13.4. The predicted octanol–water partition coefficient (Wildman–Crippen LogP) is 2.05. The summed E-state index contributed by atoms with van der Waals surface area (Å²) in [7, 11) is 0. The number of likely N-dealkylation sites (tertiary alicyclic amines) is 1. The van der Waals surface area contributed by atoms with Crippen molar-refractivity contribution in [2.45, 2.75) is 31.7 Å². The molecule has 5 nitrogen and oxygen atoms in total. The van der Waals surface area contributed by atoms with E-state index in [9.17, 15) is 19.1 Å². The van der Waals surface area contributed by atoms with Crippen molar-refractivity contribution in [2.75, 3.05) is 6.54 Å². The quantitative estimate of drug-likeness (QED) is 0.895. The van der Waals surface area contributed by atoms with Gasteiger partial charge >= 0.3 is 0 Å². The standard InChI is InChI=1S/C14H16ClFN2O3/c15-11-6-8(16)5-10(13(11)20)14(21)18-4-2-1-3-9(18)7-12(17)19/h5-6,9,20H,1-4,7H2,(H2,17,19). The minimum absolute atomic E-state index is 0.0511. The summed E-state index contributed by atoms with van der Waals surface area (Å²) in [4.78, 5) is 25.1. The number of nitrogens with two attached hydrogens (primary N) is 1. The second-order valence-electron chi connectivity index (χ2n) is 5.10. The summed E-state index contributed by atoms with van der Waals surface area (Å²) in [6.07, 6.45) is 2.37. The number of hydrogen-bond donors (Lipinski definition) is 2. The zero-order chi connectivity index (χ0) is 15.6. The summed E-state index contributed by atoms with van der Waals surface area (Å²) in [6, 6.07) is 1.55. The minimum atomic E-state index is -0.704. The summed E-state index contributed by atoms with van der Waals surface area (Å²) in [6.45, 7) is 0.435. The number of piperidine rings is 1. The topological polar surface area (TPSA) is 83.6 Å². The molecule has 2 rings (SSSR count). The van der Waals surface area contributed by atoms with Crippen LogP contribution in [0.3, 0.4) is 0 Å². The number of nitrogens with zero attached hydrogens (tertiary/aromatic N) is 1. The van der Waals surface area contributed by atoms with Gasteiger partial charge in [-0.3, -0.25) is 9.59 Å². The third-order valence-electron chi connectivity index (χ3n) is 3.58. The van der Waals surface area contributed by atoms with Crippen molar-refractivity contribution < 1.29 is 19.1 Å². The van der Waals surface area contributed by atoms with Crippen LogP contribution < -0.4 is 5.73 Å². The van der Waals surface area contributed by atoms with Crippen molar-refractivity contribution in [1.29, 1.82) is 0 Å². The normalized spacial score (nSPS) is 18.6. The van der Waals surface area contributed by atoms with Gasteiger partial charge < -0.3 is 15.7 Å². The lowest BCUT2D eigenvalue weighted by Crippen LogP contribution is -2.45. The lowest BCUT2D eigenvalue weighted by atomic mass is 9.97. The molecule has 114 valence electrons. The highest BCUT2D eigenvalue weighted by atomic mass is 35.5. The first-order valence-electron chi connectivity index (χ1n) is 6.67. The number of benzene rings is 1. The zero-order valence-corrected chi connectivity index (χ0v) is 12.1. The molecule has 7 heteroatoms. The number of hydrogen-bond acceptors (Lipinski definition) is 3. The largest absolute Gasteiger partial charge is 0.506 e. The lowest BCUT2D eigenvalue weighted by molar-refractivity contribution is -0.119. The molecule has 1 saturated heterocycles. The minimum Gasteiger partial charge on any atom is -0.506 e. The molecule has 1 unspecified atom stereocenters. The van der Waals surface area contributed by atoms with E-state index >= 15 is 0 Å². The Morgan fingerprint density at radius 3 is 2.81 bits per heavy atom. The number of phenols is 1. The summed E-state index contributed by atoms with van der Waals surface area (Å²) in [5.41, 5.74) is 5.00. The van der Waals surface area contributed by atoms with E-state index in [0.717, 1.165) is 25.0 Å². The summed E-state index contributed by atoms with van der Waals surface area (Å²) >= 11 is 5.69. The molecule has 3 N–H and O–H groups in total. The Balaban J connectivity index is 2.31. The first-order chi connectivity index (χ1) is 9.90. The van der Waals surface area contributed by atoms with Crippen LogP contribution in [-0.4, -0.2) is 34.4 Å². The Kier molecular flexibility index (Phi) is 4.67. The molecule has 0 radical (unpaired) electrons. The summed E-state index contributed by atoms with van der Waals surface area (Å²) in [5, 5.41) is 9.63. The van der Waals surface area contributed by atoms with E-state index in [2.05, 4.69) is 0 Å². The fraction of sp³-hybridized carbons (Fsp3) is 0.429. The SMILES string of the molecule is NC(=O)CC1CCCCN1C(=O)c1cc(F)cc(Cl)c1O. The summed E-state index contributed by atoms with van der Waals surface area (Å²) in [5.74, 6) is -2.20. The number of amides is 2. The Bertz CT molecular complexity index is 580. The molecular formula is C14H16ClFN2O3. The van der Waals surface area contributed by atoms with Crippen molar-refractivity contribution in [2.24, 2.45) is 5.73 Å². The first kappa shape index (κ1) is 15.6. The molecule has 1 aliphatic heterocycles. The van der Waals surface area contributed by atoms with Crippen LogP contribution in [0.4, 0.5) is 4.39 Å². The third kappa shape index (κ3) is 3.44. The van der Waals surface area contributed by atoms with Gasteiger partial charge in [0.1, 0.15) is 11.6 Å². The molecule has 0 bridgehead atoms. The number of carbonyl (C=O) groups is 2. The fourth-order valence-electron chi connectivity index (χ4n) is 2.60. The predicted molar refractivity (Wildman–Crippen MR) is 75.6 cm³/mol. The van der Waals surface area contributed by atoms with Crippen LogP contribution in [0.5, 0.6) is 5.75 Å². The maximum atomic E-state index is 13.4. The lowest BCUT2D eigenvalue weighted by Gasteiger charge is -2.35. The molecule has 1 aliphatic rings. The molecule has 1 fully saturated rings. The van der Waals surface area contributed by atoms with Crippen LogP contribution >= 0.6 is 11.6 Å². The smallest absolute Gasteiger partial charge is 0.258 e. The number of primary amides is 1. The molecule has 21 heavy (non-hydrogen) atoms. The number of rotatable bonds is 3. The Morgan fingerprint density at radius 2 is 2.14 bits per heavy atom. The highest BCUT2D eigenvalue weighted by molar-refractivity contribution is 6.32. The third-order valence-corrected chi connectivity index (χ3v) is 3.87. The van der Waals surface area contributed by atoms with Crippen LogP contribution in [-0.2, 0) is 4.79 Å². The Labute approximate surface area is 126 Å². The van der Waals surface area contributed by atoms with E-state index in [-0.39, 0.29) is 23.0 Å². The van der Waals surface area contributed by atoms with Crippen LogP contribution in [0.2, 0.25) is 5.02 Å². The van der Waals surface area contributed by atoms with Crippen molar-refractivity contribution in [3.8, 4) is 5.75 Å². The maximum absolute atomic E-state index is 13.4. The highest BCUT2D eigenvalue weighted by Crippen LogP contribution is 2.31. The van der Waals surface area contributed by atoms with Gasteiger partial charge in [0.25, 0.3) is 5.91 Å². The van der Waals surface area contributed by atoms with Crippen molar-refractivity contribution in [3.63, 3.8) is 0 Å². The molecule has 0 aromatic heterocycles. The van der Waals surface area contributed by atoms with E-state index < -0.39 is 23.4 Å². The average molecular weight is 315 g/mol. The second kappa shape index (κ2) is 6.30. The second-order valence-corrected chi connectivity index (χ2v) is 5.51. The van der Waals surface area contributed by atoms with Gasteiger partial charge in [0, 0.05) is 19.0 Å². The fourth-order valence-corrected chi connectivity index (χ4v) is 2.80. The molecule has 1 aromatic carbocycles. The average Bonchev–Trinajstić information content (AvgIpc) is 2.42. The Hall–Kier alpha value is -1.82. The van der Waals surface area contributed by atoms with Crippen molar-refractivity contribution in [3.05, 3.63) is 28.5 Å². The van der Waals surface area contributed by atoms with E-state index in [1.165, 1.54) is 4.90 Å². The number of aromatic hydroxyl groups is 1. The molecular weight excluding hydrogens is 299 g/mol. The van der Waals surface area contributed by atoms with Gasteiger partial charge in [-0.25, -0.2) is 4.39 Å². The number of carbonyl (C=O) groups excluding carboxylic acids is 2. The van der Waals surface area contributed by atoms with Crippen molar-refractivity contribution >= 4 is 23.4 Å². The van der Waals surface area contributed by atoms with E-state index in [1.54, 1.807) is 0 Å². The van der Waals surface area contributed by atoms with Crippen LogP contribution in [0.25, 0.3) is 0 Å². The van der Waals surface area contributed by atoms with E-state index in [1.807, 2.05) is 0 Å². The van der Waals surface area contributed by atoms with Gasteiger partial charge in [-0.2, -0.15) is 0 Å². The highest BCUT2D eigenvalue weighted by Gasteiger charge is 2.30. The zero-order valence-electron chi connectivity index (χ0n) is 11.3. The van der Waals surface area contributed by atoms with E-state index in [0.29, 0.717) is 13.0 Å². The molecule has 2 amide bonds. The van der Waals surface area contributed by atoms with Crippen LogP contribution in [0, 0.1) is 5.82 Å². The first-order valence-corrected chi connectivity index (χ1v) is 7.05. The van der Waals surface area contributed by atoms with Crippen LogP contribution in [0.15, 0.2) is 12.1 Å². The van der Waals surface area contributed by atoms with Crippen LogP contribution in [0.1, 0.15) is 36.0 Å². The van der Waals surface area contributed by atoms with E-state index in [4.69, 9.17) is 17.3 Å². The van der Waals surface area contributed by atoms with Gasteiger partial charge in [-0.1, -0.05) is 11.6 Å². The molecule has 0 saturated carbocycles. The molecule has 0 spiro atoms. The van der Waals surface area contributed by atoms with Gasteiger partial charge in [0.05, 0.1) is 10.6 Å². The molecule has 1 atom stereocenters. The van der Waals surface area contributed by atoms with Gasteiger partial charge in [0.15, 0.2) is 0 Å². The van der Waals surface area contributed by atoms with Gasteiger partial charge in [0.2, 0.25) is 5.91 Å². The van der Waals surface area contributed by atoms with Gasteiger partial charge in [-0.15, -0.1) is 0 Å². The molecule has 1 aromatic rings. The number of halogens is 2. The van der Waals surface area contributed by atoms with Crippen molar-refractivity contribution in [1.82, 2.24) is 4.90 Å². The molecule has 1 heterocycles. The monoisotopic (exact) mass is 314 g/mol. The molecule has 0 aliphatic carbocycles. The van der Waals surface area contributed by atoms with Gasteiger partial charge in [-0.05, 0) is 31.4 Å².